The molecule has 1 amide bonds. The minimum atomic E-state index is -0.933. The zero-order valence-electron chi connectivity index (χ0n) is 18.9. The number of nitrogens with zero attached hydrogens (tertiary/aromatic N) is 3. The number of esters is 1. The van der Waals surface area contributed by atoms with Crippen LogP contribution in [0.15, 0.2) is 60.7 Å². The summed E-state index contributed by atoms with van der Waals surface area (Å²) in [7, 11) is 0. The molecular formula is C25H27ClN4O3S. The highest BCUT2D eigenvalue weighted by molar-refractivity contribution is 7.19. The summed E-state index contributed by atoms with van der Waals surface area (Å²) in [4.78, 5) is 32.7. The predicted octanol–water partition coefficient (Wildman–Crippen LogP) is 4.21. The molecule has 0 unspecified atom stereocenters. The molecule has 0 aliphatic carbocycles. The van der Waals surface area contributed by atoms with Gasteiger partial charge in [0, 0.05) is 32.7 Å². The molecule has 1 fully saturated rings. The summed E-state index contributed by atoms with van der Waals surface area (Å²) in [6.45, 7) is 5.91. The summed E-state index contributed by atoms with van der Waals surface area (Å²) in [6.07, 6.45) is 0. The number of hydrogen-bond acceptors (Lipinski definition) is 7. The van der Waals surface area contributed by atoms with Gasteiger partial charge in [-0.05, 0) is 18.1 Å². The van der Waals surface area contributed by atoms with E-state index in [2.05, 4.69) is 68.6 Å². The summed E-state index contributed by atoms with van der Waals surface area (Å²) in [5.41, 5.74) is 3.26. The summed E-state index contributed by atoms with van der Waals surface area (Å²) < 4.78 is 5.22. The molecule has 2 aromatic carbocycles. The van der Waals surface area contributed by atoms with Gasteiger partial charge in [0.1, 0.15) is 4.34 Å². The fraction of sp³-hybridized carbons (Fsp3) is 0.320. The number of halogens is 1. The maximum absolute atomic E-state index is 11.9. The topological polar surface area (TPSA) is 74.8 Å². The van der Waals surface area contributed by atoms with Gasteiger partial charge >= 0.3 is 11.9 Å². The monoisotopic (exact) mass is 498 g/mol. The van der Waals surface area contributed by atoms with E-state index in [1.165, 1.54) is 11.1 Å². The Hall–Kier alpha value is -2.78. The first-order chi connectivity index (χ1) is 16.5. The van der Waals surface area contributed by atoms with E-state index in [9.17, 15) is 9.59 Å². The van der Waals surface area contributed by atoms with E-state index in [4.69, 9.17) is 16.3 Å². The number of thiazole rings is 1. The van der Waals surface area contributed by atoms with E-state index < -0.39 is 11.9 Å². The minimum absolute atomic E-state index is 0.136. The highest BCUT2D eigenvalue weighted by Crippen LogP contribution is 2.31. The Bertz CT molecular complexity index is 1060. The second-order valence-corrected chi connectivity index (χ2v) is 9.55. The van der Waals surface area contributed by atoms with Crippen LogP contribution in [0.5, 0.6) is 0 Å². The van der Waals surface area contributed by atoms with Crippen molar-refractivity contribution in [2.75, 3.05) is 38.1 Å². The summed E-state index contributed by atoms with van der Waals surface area (Å²) in [5, 5.41) is 2.76. The lowest BCUT2D eigenvalue weighted by Gasteiger charge is -2.39. The molecule has 1 N–H and O–H groups in total. The molecule has 3 aromatic rings. The van der Waals surface area contributed by atoms with Crippen molar-refractivity contribution in [2.24, 2.45) is 0 Å². The smallest absolute Gasteiger partial charge is 0.397 e. The van der Waals surface area contributed by atoms with Crippen LogP contribution in [0.25, 0.3) is 0 Å². The van der Waals surface area contributed by atoms with Crippen LogP contribution in [0.4, 0.5) is 5.13 Å². The Morgan fingerprint density at radius 1 is 1.03 bits per heavy atom. The van der Waals surface area contributed by atoms with E-state index in [1.54, 1.807) is 6.92 Å². The van der Waals surface area contributed by atoms with Gasteiger partial charge in [-0.15, -0.1) is 0 Å². The molecule has 178 valence electrons. The van der Waals surface area contributed by atoms with Crippen LogP contribution >= 0.6 is 22.9 Å². The third kappa shape index (κ3) is 6.01. The number of nitrogens with one attached hydrogen (secondary N) is 1. The first-order valence-electron chi connectivity index (χ1n) is 11.2. The van der Waals surface area contributed by atoms with E-state index in [-0.39, 0.29) is 12.6 Å². The van der Waals surface area contributed by atoms with Crippen molar-refractivity contribution in [3.63, 3.8) is 0 Å². The first kappa shape index (κ1) is 24.3. The zero-order chi connectivity index (χ0) is 23.9. The van der Waals surface area contributed by atoms with Gasteiger partial charge in [-0.1, -0.05) is 83.6 Å². The van der Waals surface area contributed by atoms with Crippen molar-refractivity contribution in [3.8, 4) is 0 Å². The Balaban J connectivity index is 1.39. The van der Waals surface area contributed by atoms with Crippen molar-refractivity contribution in [3.05, 3.63) is 81.8 Å². The maximum atomic E-state index is 11.9. The first-order valence-corrected chi connectivity index (χ1v) is 12.4. The van der Waals surface area contributed by atoms with E-state index in [1.807, 2.05) is 12.1 Å². The molecule has 0 radical (unpaired) electrons. The highest BCUT2D eigenvalue weighted by Gasteiger charge is 2.27. The van der Waals surface area contributed by atoms with Crippen molar-refractivity contribution in [1.29, 1.82) is 0 Å². The molecule has 0 spiro atoms. The minimum Gasteiger partial charge on any atom is -0.459 e. The molecule has 0 atom stereocenters. The van der Waals surface area contributed by atoms with Gasteiger partial charge in [-0.2, -0.15) is 0 Å². The number of amides is 1. The molecule has 0 saturated carbocycles. The van der Waals surface area contributed by atoms with Gasteiger partial charge in [0.25, 0.3) is 0 Å². The number of rotatable bonds is 7. The molecular weight excluding hydrogens is 472 g/mol. The fourth-order valence-corrected chi connectivity index (χ4v) is 5.12. The number of hydrogen-bond donors (Lipinski definition) is 1. The Kier molecular flexibility index (Phi) is 8.29. The average Bonchev–Trinajstić information content (AvgIpc) is 3.20. The van der Waals surface area contributed by atoms with Crippen molar-refractivity contribution in [1.82, 2.24) is 14.8 Å². The van der Waals surface area contributed by atoms with Crippen LogP contribution in [0.1, 0.15) is 29.8 Å². The molecule has 7 nitrogen and oxygen atoms in total. The molecule has 1 aliphatic rings. The molecule has 2 heterocycles. The summed E-state index contributed by atoms with van der Waals surface area (Å²) in [5.74, 6) is -1.78. The summed E-state index contributed by atoms with van der Waals surface area (Å²) >= 11 is 7.52. The van der Waals surface area contributed by atoms with Gasteiger partial charge in [-0.3, -0.25) is 19.9 Å². The van der Waals surface area contributed by atoms with Crippen LogP contribution in [0, 0.1) is 0 Å². The number of piperazine rings is 1. The molecule has 34 heavy (non-hydrogen) atoms. The second-order valence-electron chi connectivity index (χ2n) is 7.95. The Morgan fingerprint density at radius 3 is 2.18 bits per heavy atom. The largest absolute Gasteiger partial charge is 0.459 e. The van der Waals surface area contributed by atoms with Crippen LogP contribution in [0.2, 0.25) is 4.34 Å². The number of carbonyl (C=O) groups is 2. The Labute approximate surface area is 208 Å². The van der Waals surface area contributed by atoms with Gasteiger partial charge in [0.15, 0.2) is 5.13 Å². The van der Waals surface area contributed by atoms with E-state index >= 15 is 0 Å². The lowest BCUT2D eigenvalue weighted by Crippen LogP contribution is -2.47. The van der Waals surface area contributed by atoms with Crippen LogP contribution in [0.3, 0.4) is 0 Å². The third-order valence-corrected chi connectivity index (χ3v) is 6.96. The highest BCUT2D eigenvalue weighted by atomic mass is 35.5. The fourth-order valence-electron chi connectivity index (χ4n) is 4.11. The molecule has 1 aromatic heterocycles. The molecule has 0 bridgehead atoms. The van der Waals surface area contributed by atoms with Crippen LogP contribution in [-0.2, 0) is 20.9 Å². The van der Waals surface area contributed by atoms with Crippen molar-refractivity contribution >= 4 is 39.9 Å². The zero-order valence-corrected chi connectivity index (χ0v) is 20.5. The van der Waals surface area contributed by atoms with E-state index in [0.717, 1.165) is 37.5 Å². The number of benzene rings is 2. The molecule has 4 rings (SSSR count). The standard InChI is InChI=1S/C25H27ClN4O3S/c1-2-33-24(32)23(31)28-25-27-20(22(26)34-25)17-29-13-15-30(16-14-29)21(18-9-5-3-6-10-18)19-11-7-4-8-12-19/h3-12,21H,2,13-17H2,1H3,(H,27,28,31). The normalized spacial score (nSPS) is 14.8. The van der Waals surface area contributed by atoms with Gasteiger partial charge in [0.2, 0.25) is 0 Å². The van der Waals surface area contributed by atoms with Crippen LogP contribution < -0.4 is 5.32 Å². The van der Waals surface area contributed by atoms with Crippen molar-refractivity contribution < 1.29 is 14.3 Å². The number of aromatic nitrogens is 1. The molecule has 1 aliphatic heterocycles. The number of anilines is 1. The molecule has 1 saturated heterocycles. The molecule has 9 heteroatoms. The summed E-state index contributed by atoms with van der Waals surface area (Å²) in [6, 6.07) is 21.4. The Morgan fingerprint density at radius 2 is 1.62 bits per heavy atom. The lowest BCUT2D eigenvalue weighted by atomic mass is 9.96. The quantitative estimate of drug-likeness (QED) is 0.388. The maximum Gasteiger partial charge on any atom is 0.397 e. The predicted molar refractivity (Wildman–Crippen MR) is 134 cm³/mol. The second kappa shape index (κ2) is 11.6. The van der Waals surface area contributed by atoms with Gasteiger partial charge in [-0.25, -0.2) is 9.78 Å². The lowest BCUT2D eigenvalue weighted by molar-refractivity contribution is -0.152. The number of ether oxygens (including phenoxy) is 1. The van der Waals surface area contributed by atoms with Gasteiger partial charge in [0.05, 0.1) is 18.3 Å². The van der Waals surface area contributed by atoms with E-state index in [0.29, 0.717) is 21.7 Å². The number of carbonyl (C=O) groups excluding carboxylic acids is 2. The van der Waals surface area contributed by atoms with Crippen LogP contribution in [-0.4, -0.2) is 59.4 Å². The third-order valence-electron chi connectivity index (χ3n) is 5.71. The average molecular weight is 499 g/mol. The SMILES string of the molecule is CCOC(=O)C(=O)Nc1nc(CN2CCN(C(c3ccccc3)c3ccccc3)CC2)c(Cl)s1. The van der Waals surface area contributed by atoms with Gasteiger partial charge < -0.3 is 4.74 Å². The van der Waals surface area contributed by atoms with Crippen molar-refractivity contribution in [2.45, 2.75) is 19.5 Å².